The molecular formula is C35H41ClN4O4S. The van der Waals surface area contributed by atoms with Crippen molar-refractivity contribution in [1.82, 2.24) is 19.7 Å². The molecule has 3 aromatic carbocycles. The van der Waals surface area contributed by atoms with Gasteiger partial charge in [0.2, 0.25) is 0 Å². The summed E-state index contributed by atoms with van der Waals surface area (Å²) in [7, 11) is 3.75. The molecule has 1 aliphatic heterocycles. The maximum Gasteiger partial charge on any atom is 0.307 e. The zero-order valence-electron chi connectivity index (χ0n) is 26.7. The third-order valence-corrected chi connectivity index (χ3v) is 9.26. The number of hydrogen-bond acceptors (Lipinski definition) is 7. The van der Waals surface area contributed by atoms with Crippen LogP contribution in [-0.4, -0.2) is 74.8 Å². The van der Waals surface area contributed by atoms with Gasteiger partial charge in [0.25, 0.3) is 0 Å². The van der Waals surface area contributed by atoms with Crippen molar-refractivity contribution in [1.29, 1.82) is 0 Å². The second kappa shape index (κ2) is 13.6. The van der Waals surface area contributed by atoms with Crippen LogP contribution in [-0.2, 0) is 23.0 Å². The molecule has 0 saturated carbocycles. The minimum Gasteiger partial charge on any atom is -0.481 e. The summed E-state index contributed by atoms with van der Waals surface area (Å²) in [4.78, 5) is 19.3. The highest BCUT2D eigenvalue weighted by Gasteiger charge is 2.28. The first-order chi connectivity index (χ1) is 21.3. The third-order valence-electron chi connectivity index (χ3n) is 7.87. The Morgan fingerprint density at radius 1 is 1.13 bits per heavy atom. The van der Waals surface area contributed by atoms with Gasteiger partial charge in [-0.3, -0.25) is 9.48 Å². The number of aliphatic hydroxyl groups is 1. The van der Waals surface area contributed by atoms with Gasteiger partial charge in [0.15, 0.2) is 0 Å². The summed E-state index contributed by atoms with van der Waals surface area (Å²) in [6, 6.07) is 16.1. The lowest BCUT2D eigenvalue weighted by molar-refractivity contribution is -0.136. The van der Waals surface area contributed by atoms with Crippen LogP contribution in [0.4, 0.5) is 0 Å². The van der Waals surface area contributed by atoms with Gasteiger partial charge in [-0.1, -0.05) is 23.7 Å². The normalized spacial score (nSPS) is 15.5. The van der Waals surface area contributed by atoms with Crippen LogP contribution >= 0.6 is 22.9 Å². The molecule has 5 aromatic rings. The molecule has 1 unspecified atom stereocenters. The van der Waals surface area contributed by atoms with Crippen LogP contribution in [0, 0.1) is 6.92 Å². The van der Waals surface area contributed by atoms with Crippen molar-refractivity contribution in [2.75, 3.05) is 33.4 Å². The fourth-order valence-corrected chi connectivity index (χ4v) is 7.13. The molecule has 0 aliphatic carbocycles. The number of rotatable bonds is 8. The van der Waals surface area contributed by atoms with Gasteiger partial charge in [0.05, 0.1) is 40.1 Å². The second-order valence-electron chi connectivity index (χ2n) is 12.7. The molecule has 1 fully saturated rings. The van der Waals surface area contributed by atoms with Crippen molar-refractivity contribution >= 4 is 50.0 Å². The van der Waals surface area contributed by atoms with Gasteiger partial charge in [-0.2, -0.15) is 5.10 Å². The average Bonchev–Trinajstić information content (AvgIpc) is 3.69. The van der Waals surface area contributed by atoms with Crippen LogP contribution in [0.25, 0.3) is 42.8 Å². The molecule has 1 atom stereocenters. The highest BCUT2D eigenvalue weighted by atomic mass is 35.5. The van der Waals surface area contributed by atoms with Gasteiger partial charge in [0, 0.05) is 54.7 Å². The number of thiazole rings is 1. The number of aryl methyl sites for hydroxylation is 2. The van der Waals surface area contributed by atoms with E-state index in [0.717, 1.165) is 86.9 Å². The van der Waals surface area contributed by atoms with E-state index in [2.05, 4.69) is 23.1 Å². The van der Waals surface area contributed by atoms with E-state index >= 15 is 0 Å². The number of carboxylic acids is 1. The van der Waals surface area contributed by atoms with Gasteiger partial charge < -0.3 is 19.8 Å². The van der Waals surface area contributed by atoms with E-state index in [4.69, 9.17) is 31.5 Å². The number of aromatic nitrogens is 3. The van der Waals surface area contributed by atoms with E-state index in [9.17, 15) is 9.90 Å². The number of benzene rings is 3. The van der Waals surface area contributed by atoms with Crippen molar-refractivity contribution in [3.05, 3.63) is 70.4 Å². The highest BCUT2D eigenvalue weighted by Crippen LogP contribution is 2.42. The van der Waals surface area contributed by atoms with Gasteiger partial charge >= 0.3 is 5.97 Å². The molecule has 6 rings (SSSR count). The van der Waals surface area contributed by atoms with Gasteiger partial charge in [-0.15, -0.1) is 11.3 Å². The number of nitrogens with zero attached hydrogens (tertiary/aromatic N) is 4. The van der Waals surface area contributed by atoms with Crippen LogP contribution < -0.4 is 0 Å². The van der Waals surface area contributed by atoms with Crippen molar-refractivity contribution < 1.29 is 19.7 Å². The first kappa shape index (κ1) is 33.0. The van der Waals surface area contributed by atoms with Gasteiger partial charge in [0.1, 0.15) is 5.01 Å². The lowest BCUT2D eigenvalue weighted by Crippen LogP contribution is -2.24. The molecule has 2 aromatic heterocycles. The molecule has 1 aliphatic rings. The average molecular weight is 649 g/mol. The quantitative estimate of drug-likeness (QED) is 0.182. The molecular weight excluding hydrogens is 608 g/mol. The molecule has 238 valence electrons. The Labute approximate surface area is 273 Å². The van der Waals surface area contributed by atoms with Crippen LogP contribution in [0.2, 0.25) is 5.02 Å². The predicted molar refractivity (Wildman–Crippen MR) is 183 cm³/mol. The SMILES string of the molecule is CC(C)(C)O.COCCN1CCC(c2nn(C)c3ccc(-c4nc5cc(C)c(CC(=O)O)c(-c6ccc(Cl)cc6)c5s4)cc23)C1. The minimum atomic E-state index is -0.857. The molecule has 0 spiro atoms. The topological polar surface area (TPSA) is 101 Å². The third kappa shape index (κ3) is 7.73. The number of ether oxygens (including phenoxy) is 1. The molecule has 10 heteroatoms. The van der Waals surface area contributed by atoms with Crippen molar-refractivity contribution in [3.8, 4) is 21.7 Å². The predicted octanol–water partition coefficient (Wildman–Crippen LogP) is 7.32. The first-order valence-corrected chi connectivity index (χ1v) is 16.3. The van der Waals surface area contributed by atoms with E-state index in [0.29, 0.717) is 10.9 Å². The fourth-order valence-electron chi connectivity index (χ4n) is 5.87. The van der Waals surface area contributed by atoms with E-state index in [1.807, 2.05) is 49.0 Å². The summed E-state index contributed by atoms with van der Waals surface area (Å²) in [5, 5.41) is 25.9. The molecule has 3 heterocycles. The number of halogens is 1. The number of fused-ring (bicyclic) bond motifs is 2. The zero-order valence-corrected chi connectivity index (χ0v) is 28.3. The maximum atomic E-state index is 11.8. The molecule has 2 N–H and O–H groups in total. The summed E-state index contributed by atoms with van der Waals surface area (Å²) in [6.45, 7) is 10.9. The fraction of sp³-hybridized carbons (Fsp3) is 0.400. The Morgan fingerprint density at radius 3 is 2.49 bits per heavy atom. The highest BCUT2D eigenvalue weighted by molar-refractivity contribution is 7.22. The van der Waals surface area contributed by atoms with Crippen LogP contribution in [0.3, 0.4) is 0 Å². The smallest absolute Gasteiger partial charge is 0.307 e. The molecule has 0 amide bonds. The summed E-state index contributed by atoms with van der Waals surface area (Å²) in [5.41, 5.74) is 7.24. The lowest BCUT2D eigenvalue weighted by atomic mass is 9.93. The Balaban J connectivity index is 0.000000743. The first-order valence-electron chi connectivity index (χ1n) is 15.1. The van der Waals surface area contributed by atoms with Crippen molar-refractivity contribution in [2.24, 2.45) is 7.05 Å². The molecule has 0 radical (unpaired) electrons. The van der Waals surface area contributed by atoms with Gasteiger partial charge in [-0.05, 0) is 93.7 Å². The van der Waals surface area contributed by atoms with Crippen LogP contribution in [0.15, 0.2) is 48.5 Å². The summed E-state index contributed by atoms with van der Waals surface area (Å²) >= 11 is 7.78. The molecule has 45 heavy (non-hydrogen) atoms. The zero-order chi connectivity index (χ0) is 32.5. The van der Waals surface area contributed by atoms with E-state index in [-0.39, 0.29) is 6.42 Å². The van der Waals surface area contributed by atoms with Gasteiger partial charge in [-0.25, -0.2) is 4.98 Å². The number of methoxy groups -OCH3 is 1. The Hall–Kier alpha value is -3.34. The van der Waals surface area contributed by atoms with Crippen LogP contribution in [0.5, 0.6) is 0 Å². The van der Waals surface area contributed by atoms with Crippen LogP contribution in [0.1, 0.15) is 49.9 Å². The molecule has 8 nitrogen and oxygen atoms in total. The number of carboxylic acid groups (broad SMARTS) is 1. The van der Waals surface area contributed by atoms with E-state index < -0.39 is 11.6 Å². The maximum absolute atomic E-state index is 11.8. The Morgan fingerprint density at radius 2 is 1.82 bits per heavy atom. The van der Waals surface area contributed by atoms with E-state index in [1.54, 1.807) is 39.2 Å². The second-order valence-corrected chi connectivity index (χ2v) is 14.1. The Kier molecular flexibility index (Phi) is 9.96. The summed E-state index contributed by atoms with van der Waals surface area (Å²) in [5.74, 6) is -0.478. The summed E-state index contributed by atoms with van der Waals surface area (Å²) < 4.78 is 8.24. The van der Waals surface area contributed by atoms with Crippen molar-refractivity contribution in [3.63, 3.8) is 0 Å². The largest absolute Gasteiger partial charge is 0.481 e. The number of aliphatic carboxylic acids is 1. The number of likely N-dealkylation sites (tertiary alicyclic amines) is 1. The lowest BCUT2D eigenvalue weighted by Gasteiger charge is -2.14. The van der Waals surface area contributed by atoms with Crippen molar-refractivity contribution in [2.45, 2.75) is 52.1 Å². The summed E-state index contributed by atoms with van der Waals surface area (Å²) in [6.07, 6.45) is 1.03. The monoisotopic (exact) mass is 648 g/mol. The van der Waals surface area contributed by atoms with E-state index in [1.165, 1.54) is 5.39 Å². The number of hydrogen-bond donors (Lipinski definition) is 2. The number of carbonyl (C=O) groups is 1. The standard InChI is InChI=1S/C31H31ClN4O3S.C4H10O/c1-18-14-25-30(28(23(18)16-27(37)38)19-4-7-22(32)8-5-19)40-31(33-25)20-6-9-26-24(15-20)29(34-35(26)2)21-10-11-36(17-21)12-13-39-3;1-4(2,3)5/h4-9,14-15,21H,10-13,16-17H2,1-3H3,(H,37,38);5H,1-3H3. The minimum absolute atomic E-state index is 0.0548. The molecule has 0 bridgehead atoms. The Bertz CT molecular complexity index is 1820. The molecule has 1 saturated heterocycles.